The second kappa shape index (κ2) is 9.71. The maximum absolute atomic E-state index is 13.5. The molecule has 1 atom stereocenters. The van der Waals surface area contributed by atoms with Crippen LogP contribution < -0.4 is 10.6 Å². The molecule has 0 amide bonds. The lowest BCUT2D eigenvalue weighted by molar-refractivity contribution is 0.0621. The van der Waals surface area contributed by atoms with Crippen molar-refractivity contribution in [3.05, 3.63) is 57.7 Å². The van der Waals surface area contributed by atoms with Gasteiger partial charge >= 0.3 is 0 Å². The Labute approximate surface area is 185 Å². The number of aryl methyl sites for hydroxylation is 1. The minimum atomic E-state index is -0.997. The summed E-state index contributed by atoms with van der Waals surface area (Å²) in [7, 11) is 0. The number of rotatable bonds is 6. The third-order valence-electron chi connectivity index (χ3n) is 4.47. The van der Waals surface area contributed by atoms with Crippen LogP contribution in [0.4, 0.5) is 4.39 Å². The third-order valence-corrected chi connectivity index (χ3v) is 5.15. The molecular weight excluding hydrogens is 492 g/mol. The van der Waals surface area contributed by atoms with Crippen LogP contribution in [0.2, 0.25) is 0 Å². The number of nitrogens with one attached hydrogen (secondary N) is 2. The fraction of sp³-hybridized carbons (Fsp3) is 0.350. The van der Waals surface area contributed by atoms with Crippen molar-refractivity contribution in [3.63, 3.8) is 0 Å². The summed E-state index contributed by atoms with van der Waals surface area (Å²) in [5, 5.41) is 21.6. The lowest BCUT2D eigenvalue weighted by Crippen LogP contribution is -2.44. The number of furan rings is 1. The number of aliphatic imine (C=N–C) groups is 1. The summed E-state index contributed by atoms with van der Waals surface area (Å²) in [5.74, 6) is 0.989. The monoisotopic (exact) mass is 517 g/mol. The van der Waals surface area contributed by atoms with Crippen molar-refractivity contribution in [2.75, 3.05) is 13.1 Å². The van der Waals surface area contributed by atoms with Crippen LogP contribution in [0.15, 0.2) is 44.4 Å². The van der Waals surface area contributed by atoms with Gasteiger partial charge in [-0.05, 0) is 61.4 Å². The van der Waals surface area contributed by atoms with E-state index >= 15 is 0 Å². The molecule has 0 saturated heterocycles. The first kappa shape index (κ1) is 22.6. The van der Waals surface area contributed by atoms with Gasteiger partial charge in [-0.3, -0.25) is 0 Å². The first-order valence-electron chi connectivity index (χ1n) is 8.85. The van der Waals surface area contributed by atoms with Crippen molar-refractivity contribution >= 4 is 52.2 Å². The van der Waals surface area contributed by atoms with Crippen LogP contribution in [0.25, 0.3) is 11.0 Å². The van der Waals surface area contributed by atoms with E-state index in [4.69, 9.17) is 4.42 Å². The molecule has 28 heavy (non-hydrogen) atoms. The van der Waals surface area contributed by atoms with E-state index in [0.717, 1.165) is 16.5 Å². The molecule has 0 bridgehead atoms. The van der Waals surface area contributed by atoms with Gasteiger partial charge in [-0.15, -0.1) is 24.0 Å². The van der Waals surface area contributed by atoms with Gasteiger partial charge in [0, 0.05) is 17.5 Å². The molecule has 0 radical (unpaired) electrons. The molecule has 5 nitrogen and oxygen atoms in total. The molecular formula is C20H25FIN3O2S. The van der Waals surface area contributed by atoms with Gasteiger partial charge < -0.3 is 20.2 Å². The lowest BCUT2D eigenvalue weighted by Gasteiger charge is -2.24. The van der Waals surface area contributed by atoms with E-state index in [-0.39, 0.29) is 29.8 Å². The van der Waals surface area contributed by atoms with Gasteiger partial charge in [0.15, 0.2) is 5.96 Å². The molecule has 3 N–H and O–H groups in total. The van der Waals surface area contributed by atoms with Crippen LogP contribution in [0.1, 0.15) is 30.7 Å². The van der Waals surface area contributed by atoms with E-state index in [1.54, 1.807) is 24.3 Å². The smallest absolute Gasteiger partial charge is 0.191 e. The minimum Gasteiger partial charge on any atom is -0.459 e. The SMILES string of the molecule is CCNC(=NCc1oc2ccc(F)cc2c1C)NCC(C)(O)c1ccsc1.I. The molecule has 1 aromatic carbocycles. The Hall–Kier alpha value is -1.65. The van der Waals surface area contributed by atoms with E-state index in [1.807, 2.05) is 30.7 Å². The van der Waals surface area contributed by atoms with Gasteiger partial charge in [0.05, 0.1) is 6.54 Å². The van der Waals surface area contributed by atoms with Crippen molar-refractivity contribution in [1.82, 2.24) is 10.6 Å². The largest absolute Gasteiger partial charge is 0.459 e. The van der Waals surface area contributed by atoms with E-state index < -0.39 is 5.60 Å². The first-order chi connectivity index (χ1) is 12.9. The Bertz CT molecular complexity index is 938. The molecule has 3 rings (SSSR count). The molecule has 0 spiro atoms. The average molecular weight is 517 g/mol. The van der Waals surface area contributed by atoms with Crippen molar-refractivity contribution in [3.8, 4) is 0 Å². The van der Waals surface area contributed by atoms with Crippen LogP contribution in [0, 0.1) is 12.7 Å². The fourth-order valence-electron chi connectivity index (χ4n) is 2.82. The van der Waals surface area contributed by atoms with E-state index in [2.05, 4.69) is 15.6 Å². The average Bonchev–Trinajstić information content (AvgIpc) is 3.27. The quantitative estimate of drug-likeness (QED) is 0.256. The molecule has 0 fully saturated rings. The Morgan fingerprint density at radius 3 is 2.79 bits per heavy atom. The zero-order valence-electron chi connectivity index (χ0n) is 16.1. The second-order valence-electron chi connectivity index (χ2n) is 6.63. The van der Waals surface area contributed by atoms with Gasteiger partial charge in [-0.2, -0.15) is 11.3 Å². The highest BCUT2D eigenvalue weighted by atomic mass is 127. The molecule has 0 aliphatic carbocycles. The summed E-state index contributed by atoms with van der Waals surface area (Å²) < 4.78 is 19.3. The Morgan fingerprint density at radius 1 is 1.32 bits per heavy atom. The number of thiophene rings is 1. The van der Waals surface area contributed by atoms with Gasteiger partial charge in [-0.1, -0.05) is 0 Å². The van der Waals surface area contributed by atoms with Crippen molar-refractivity contribution < 1.29 is 13.9 Å². The molecule has 2 aromatic heterocycles. The molecule has 3 aromatic rings. The molecule has 2 heterocycles. The van der Waals surface area contributed by atoms with Crippen LogP contribution in [-0.2, 0) is 12.1 Å². The van der Waals surface area contributed by atoms with Gasteiger partial charge in [0.1, 0.15) is 29.3 Å². The maximum Gasteiger partial charge on any atom is 0.191 e. The Kier molecular flexibility index (Phi) is 7.85. The highest BCUT2D eigenvalue weighted by molar-refractivity contribution is 14.0. The molecule has 8 heteroatoms. The van der Waals surface area contributed by atoms with Gasteiger partial charge in [0.25, 0.3) is 0 Å². The predicted octanol–water partition coefficient (Wildman–Crippen LogP) is 4.52. The topological polar surface area (TPSA) is 69.8 Å². The second-order valence-corrected chi connectivity index (χ2v) is 7.41. The van der Waals surface area contributed by atoms with Gasteiger partial charge in [-0.25, -0.2) is 9.38 Å². The van der Waals surface area contributed by atoms with Crippen LogP contribution in [-0.4, -0.2) is 24.2 Å². The predicted molar refractivity (Wildman–Crippen MR) is 123 cm³/mol. The highest BCUT2D eigenvalue weighted by Crippen LogP contribution is 2.26. The van der Waals surface area contributed by atoms with Gasteiger partial charge in [0.2, 0.25) is 0 Å². The number of halogens is 2. The molecule has 1 unspecified atom stereocenters. The normalized spacial score (nSPS) is 13.8. The van der Waals surface area contributed by atoms with Crippen LogP contribution in [0.3, 0.4) is 0 Å². The number of hydrogen-bond acceptors (Lipinski definition) is 4. The summed E-state index contributed by atoms with van der Waals surface area (Å²) in [6.07, 6.45) is 0. The Morgan fingerprint density at radius 2 is 2.11 bits per heavy atom. The van der Waals surface area contributed by atoms with Crippen molar-refractivity contribution in [1.29, 1.82) is 0 Å². The summed E-state index contributed by atoms with van der Waals surface area (Å²) >= 11 is 1.55. The fourth-order valence-corrected chi connectivity index (χ4v) is 3.60. The zero-order valence-corrected chi connectivity index (χ0v) is 19.2. The van der Waals surface area contributed by atoms with Crippen LogP contribution >= 0.6 is 35.3 Å². The highest BCUT2D eigenvalue weighted by Gasteiger charge is 2.23. The number of hydrogen-bond donors (Lipinski definition) is 3. The maximum atomic E-state index is 13.5. The van der Waals surface area contributed by atoms with Crippen molar-refractivity contribution in [2.24, 2.45) is 4.99 Å². The number of nitrogens with zero attached hydrogens (tertiary/aromatic N) is 1. The van der Waals surface area contributed by atoms with E-state index in [1.165, 1.54) is 12.1 Å². The number of aliphatic hydroxyl groups is 1. The first-order valence-corrected chi connectivity index (χ1v) is 9.79. The number of fused-ring (bicyclic) bond motifs is 1. The van der Waals surface area contributed by atoms with E-state index in [0.29, 0.717) is 36.9 Å². The minimum absolute atomic E-state index is 0. The number of benzene rings is 1. The zero-order chi connectivity index (χ0) is 19.4. The molecule has 152 valence electrons. The lowest BCUT2D eigenvalue weighted by atomic mass is 9.99. The standard InChI is InChI=1S/C20H24FN3O2S.HI/c1-4-22-19(24-12-20(3,25)14-7-8-27-11-14)23-10-18-13(2)16-9-15(21)5-6-17(16)26-18;/h5-9,11,25H,4,10,12H2,1-3H3,(H2,22,23,24);1H. The summed E-state index contributed by atoms with van der Waals surface area (Å²) in [6, 6.07) is 6.40. The van der Waals surface area contributed by atoms with Crippen molar-refractivity contribution in [2.45, 2.75) is 32.9 Å². The van der Waals surface area contributed by atoms with Crippen LogP contribution in [0.5, 0.6) is 0 Å². The Balaban J connectivity index is 0.00000280. The summed E-state index contributed by atoms with van der Waals surface area (Å²) in [5.41, 5.74) is 1.40. The molecule has 0 saturated carbocycles. The third kappa shape index (κ3) is 5.24. The summed E-state index contributed by atoms with van der Waals surface area (Å²) in [6.45, 7) is 6.97. The summed E-state index contributed by atoms with van der Waals surface area (Å²) in [4.78, 5) is 4.55. The molecule has 0 aliphatic heterocycles. The number of guanidine groups is 1. The van der Waals surface area contributed by atoms with E-state index in [9.17, 15) is 9.50 Å². The molecule has 0 aliphatic rings.